The molecule has 9 nitrogen and oxygen atoms in total. The second-order valence-electron chi connectivity index (χ2n) is 6.25. The molecule has 0 aliphatic rings. The molecule has 1 amide bonds. The molecule has 0 heterocycles. The summed E-state index contributed by atoms with van der Waals surface area (Å²) in [6, 6.07) is 7.27. The summed E-state index contributed by atoms with van der Waals surface area (Å²) in [5.41, 5.74) is -5.24. The molecule has 2 N–H and O–H groups in total. The van der Waals surface area contributed by atoms with E-state index in [-0.39, 0.29) is 17.1 Å². The van der Waals surface area contributed by atoms with Crippen molar-refractivity contribution < 1.29 is 32.9 Å². The average Bonchev–Trinajstić information content (AvgIpc) is 2.65. The third kappa shape index (κ3) is 5.67. The molecule has 2 aromatic carbocycles. The fourth-order valence-electron chi connectivity index (χ4n) is 2.22. The molecule has 160 valence electrons. The molecule has 30 heavy (non-hydrogen) atoms. The predicted octanol–water partition coefficient (Wildman–Crippen LogP) is 4.00. The molecule has 0 saturated heterocycles. The highest BCUT2D eigenvalue weighted by Crippen LogP contribution is 2.37. The molecule has 0 saturated carbocycles. The van der Waals surface area contributed by atoms with Crippen LogP contribution in [-0.2, 0) is 11.0 Å². The molecule has 1 unspecified atom stereocenters. The summed E-state index contributed by atoms with van der Waals surface area (Å²) in [5.74, 6) is -1.24. The molecule has 13 heteroatoms. The summed E-state index contributed by atoms with van der Waals surface area (Å²) in [7, 11) is 0. The number of anilines is 1. The number of carbonyl (C=O) groups excluding carboxylic acids is 1. The molecular formula is C17H14F3N3O6S. The Morgan fingerprint density at radius 2 is 1.70 bits per heavy atom. The lowest BCUT2D eigenvalue weighted by Crippen LogP contribution is -2.42. The number of nitrogens with one attached hydrogen (secondary N) is 1. The van der Waals surface area contributed by atoms with Gasteiger partial charge in [-0.05, 0) is 31.2 Å². The number of carbonyl (C=O) groups is 1. The Balaban J connectivity index is 2.12. The summed E-state index contributed by atoms with van der Waals surface area (Å²) in [5, 5.41) is 33.9. The number of amides is 1. The fraction of sp³-hybridized carbons (Fsp3) is 0.235. The van der Waals surface area contributed by atoms with E-state index in [0.29, 0.717) is 17.0 Å². The van der Waals surface area contributed by atoms with Gasteiger partial charge in [0.1, 0.15) is 11.2 Å². The van der Waals surface area contributed by atoms with Gasteiger partial charge in [0.25, 0.3) is 17.3 Å². The van der Waals surface area contributed by atoms with E-state index in [0.717, 1.165) is 24.8 Å². The number of hydrogen-bond acceptors (Lipinski definition) is 7. The van der Waals surface area contributed by atoms with E-state index >= 15 is 0 Å². The van der Waals surface area contributed by atoms with Crippen molar-refractivity contribution in [1.29, 1.82) is 0 Å². The highest BCUT2D eigenvalue weighted by atomic mass is 32.2. The monoisotopic (exact) mass is 445 g/mol. The molecular weight excluding hydrogens is 431 g/mol. The smallest absolute Gasteiger partial charge is 0.379 e. The van der Waals surface area contributed by atoms with Gasteiger partial charge < -0.3 is 10.4 Å². The Bertz CT molecular complexity index is 980. The Morgan fingerprint density at radius 1 is 1.10 bits per heavy atom. The number of rotatable bonds is 7. The number of thioether (sulfide) groups is 1. The quantitative estimate of drug-likeness (QED) is 0.373. The van der Waals surface area contributed by atoms with Crippen LogP contribution >= 0.6 is 11.8 Å². The zero-order valence-electron chi connectivity index (χ0n) is 15.2. The minimum absolute atomic E-state index is 0.137. The van der Waals surface area contributed by atoms with Gasteiger partial charge in [-0.15, -0.1) is 11.8 Å². The summed E-state index contributed by atoms with van der Waals surface area (Å²) in [6.45, 7) is 1.14. The topological polar surface area (TPSA) is 136 Å². The zero-order chi connectivity index (χ0) is 22.7. The number of nitrogens with zero attached hydrogens (tertiary/aromatic N) is 2. The Morgan fingerprint density at radius 3 is 2.20 bits per heavy atom. The van der Waals surface area contributed by atoms with Crippen molar-refractivity contribution in [2.45, 2.75) is 23.6 Å². The fourth-order valence-corrected chi connectivity index (χ4v) is 3.13. The van der Waals surface area contributed by atoms with Crippen LogP contribution in [0.2, 0.25) is 0 Å². The summed E-state index contributed by atoms with van der Waals surface area (Å²) < 4.78 is 39.1. The van der Waals surface area contributed by atoms with Crippen molar-refractivity contribution in [3.63, 3.8) is 0 Å². The zero-order valence-corrected chi connectivity index (χ0v) is 16.0. The minimum Gasteiger partial charge on any atom is -0.379 e. The molecule has 0 bridgehead atoms. The summed E-state index contributed by atoms with van der Waals surface area (Å²) in [6.07, 6.45) is -5.02. The number of nitro benzene ring substituents is 2. The van der Waals surface area contributed by atoms with Gasteiger partial charge in [0.05, 0.1) is 9.85 Å². The number of nitro groups is 2. The predicted molar refractivity (Wildman–Crippen MR) is 101 cm³/mol. The minimum atomic E-state index is -5.02. The van der Waals surface area contributed by atoms with Crippen LogP contribution in [0.15, 0.2) is 47.4 Å². The maximum atomic E-state index is 13.0. The molecule has 2 rings (SSSR count). The van der Waals surface area contributed by atoms with Crippen molar-refractivity contribution in [2.24, 2.45) is 0 Å². The van der Waals surface area contributed by atoms with Crippen molar-refractivity contribution in [3.8, 4) is 0 Å². The van der Waals surface area contributed by atoms with Crippen LogP contribution in [0.5, 0.6) is 0 Å². The standard InChI is InChI=1S/C17H14F3N3O6S/c1-16(25,9-30-12-5-3-11(4-6-12)22(26)27)15(24)21-10-2-7-14(23(28)29)13(8-10)17(18,19)20/h2-8,25H,9H2,1H3,(H,21,24). The molecule has 0 radical (unpaired) electrons. The molecule has 0 aromatic heterocycles. The first-order chi connectivity index (χ1) is 13.8. The van der Waals surface area contributed by atoms with E-state index in [1.807, 2.05) is 0 Å². The van der Waals surface area contributed by atoms with Gasteiger partial charge in [0.2, 0.25) is 0 Å². The largest absolute Gasteiger partial charge is 0.423 e. The van der Waals surface area contributed by atoms with Gasteiger partial charge in [0, 0.05) is 34.5 Å². The normalized spacial score (nSPS) is 13.4. The van der Waals surface area contributed by atoms with Crippen LogP contribution < -0.4 is 5.32 Å². The van der Waals surface area contributed by atoms with Crippen molar-refractivity contribution >= 4 is 34.7 Å². The van der Waals surface area contributed by atoms with Crippen LogP contribution in [0, 0.1) is 20.2 Å². The number of non-ortho nitro benzene ring substituents is 1. The maximum Gasteiger partial charge on any atom is 0.423 e. The van der Waals surface area contributed by atoms with Crippen molar-refractivity contribution in [3.05, 3.63) is 68.3 Å². The van der Waals surface area contributed by atoms with Gasteiger partial charge in [0.15, 0.2) is 0 Å². The van der Waals surface area contributed by atoms with Crippen LogP contribution in [0.3, 0.4) is 0 Å². The molecule has 0 aliphatic heterocycles. The highest BCUT2D eigenvalue weighted by molar-refractivity contribution is 7.99. The molecule has 1 atom stereocenters. The van der Waals surface area contributed by atoms with Crippen LogP contribution in [0.4, 0.5) is 30.2 Å². The third-order valence-electron chi connectivity index (χ3n) is 3.81. The van der Waals surface area contributed by atoms with E-state index < -0.39 is 38.8 Å². The van der Waals surface area contributed by atoms with Gasteiger partial charge in [-0.3, -0.25) is 25.0 Å². The number of halogens is 3. The Hall–Kier alpha value is -3.19. The third-order valence-corrected chi connectivity index (χ3v) is 5.13. The van der Waals surface area contributed by atoms with E-state index in [1.54, 1.807) is 0 Å². The van der Waals surface area contributed by atoms with Crippen molar-refractivity contribution in [2.75, 3.05) is 11.1 Å². The molecule has 2 aromatic rings. The van der Waals surface area contributed by atoms with Gasteiger partial charge >= 0.3 is 6.18 Å². The SMILES string of the molecule is CC(O)(CSc1ccc([N+](=O)[O-])cc1)C(=O)Nc1ccc([N+](=O)[O-])c(C(F)(F)F)c1. The van der Waals surface area contributed by atoms with Crippen LogP contribution in [0.25, 0.3) is 0 Å². The lowest BCUT2D eigenvalue weighted by molar-refractivity contribution is -0.388. The Kier molecular flexibility index (Phi) is 6.67. The second-order valence-corrected chi connectivity index (χ2v) is 7.30. The van der Waals surface area contributed by atoms with E-state index in [2.05, 4.69) is 5.32 Å². The first-order valence-corrected chi connectivity index (χ1v) is 9.06. The molecule has 0 fully saturated rings. The van der Waals surface area contributed by atoms with E-state index in [9.17, 15) is 43.3 Å². The van der Waals surface area contributed by atoms with Gasteiger partial charge in [-0.25, -0.2) is 0 Å². The number of alkyl halides is 3. The summed E-state index contributed by atoms with van der Waals surface area (Å²) in [4.78, 5) is 32.5. The number of hydrogen-bond donors (Lipinski definition) is 2. The van der Waals surface area contributed by atoms with Crippen LogP contribution in [-0.4, -0.2) is 32.2 Å². The van der Waals surface area contributed by atoms with E-state index in [4.69, 9.17) is 0 Å². The lowest BCUT2D eigenvalue weighted by atomic mass is 10.1. The van der Waals surface area contributed by atoms with Gasteiger partial charge in [-0.1, -0.05) is 0 Å². The van der Waals surface area contributed by atoms with Gasteiger partial charge in [-0.2, -0.15) is 13.2 Å². The summed E-state index contributed by atoms with van der Waals surface area (Å²) >= 11 is 0.998. The average molecular weight is 445 g/mol. The first kappa shape index (κ1) is 23.1. The first-order valence-electron chi connectivity index (χ1n) is 8.08. The number of benzene rings is 2. The molecule has 0 aliphatic carbocycles. The maximum absolute atomic E-state index is 13.0. The van der Waals surface area contributed by atoms with Crippen LogP contribution in [0.1, 0.15) is 12.5 Å². The van der Waals surface area contributed by atoms with Crippen molar-refractivity contribution in [1.82, 2.24) is 0 Å². The molecule has 0 spiro atoms. The highest BCUT2D eigenvalue weighted by Gasteiger charge is 2.39. The second kappa shape index (κ2) is 8.67. The lowest BCUT2D eigenvalue weighted by Gasteiger charge is -2.22. The number of aliphatic hydroxyl groups is 1. The van der Waals surface area contributed by atoms with E-state index in [1.165, 1.54) is 24.3 Å². The Labute approximate surface area is 171 Å².